The first-order valence-electron chi connectivity index (χ1n) is 11.2. The van der Waals surface area contributed by atoms with E-state index in [2.05, 4.69) is 25.6 Å². The van der Waals surface area contributed by atoms with Gasteiger partial charge in [-0.3, -0.25) is 9.36 Å². The Morgan fingerprint density at radius 1 is 1.09 bits per heavy atom. The Morgan fingerprint density at radius 3 is 2.47 bits per heavy atom. The Morgan fingerprint density at radius 2 is 1.82 bits per heavy atom. The van der Waals surface area contributed by atoms with Crippen LogP contribution in [-0.4, -0.2) is 44.7 Å². The molecule has 4 N–H and O–H groups in total. The Kier molecular flexibility index (Phi) is 5.98. The molecule has 0 bridgehead atoms. The first-order valence-corrected chi connectivity index (χ1v) is 11.2. The van der Waals surface area contributed by atoms with E-state index in [1.807, 2.05) is 0 Å². The van der Waals surface area contributed by atoms with Crippen molar-refractivity contribution >= 4 is 34.7 Å². The monoisotopic (exact) mass is 475 g/mol. The van der Waals surface area contributed by atoms with Crippen LogP contribution in [0, 0.1) is 23.4 Å². The van der Waals surface area contributed by atoms with Crippen molar-refractivity contribution in [3.63, 3.8) is 0 Å². The molecule has 5 rings (SSSR count). The van der Waals surface area contributed by atoms with Gasteiger partial charge in [-0.25, -0.2) is 23.1 Å². The minimum absolute atomic E-state index is 0.0965. The number of carbonyl (C=O) groups is 1. The average molecular weight is 475 g/mol. The number of amides is 1. The number of carbonyl (C=O) groups excluding carboxylic acids is 1. The van der Waals surface area contributed by atoms with Crippen molar-refractivity contribution in [2.24, 2.45) is 11.7 Å². The summed E-state index contributed by atoms with van der Waals surface area (Å²) in [6.45, 7) is 0.917. The maximum absolute atomic E-state index is 14.3. The van der Waals surface area contributed by atoms with Gasteiger partial charge in [-0.1, -0.05) is 0 Å². The number of benzene rings is 1. The molecule has 1 aliphatic carbocycles. The largest absolute Gasteiger partial charge is 0.379 e. The zero-order chi connectivity index (χ0) is 23.8. The number of primary amides is 1. The van der Waals surface area contributed by atoms with E-state index in [9.17, 15) is 18.0 Å². The topological polar surface area (TPSA) is 120 Å². The Hall–Kier alpha value is -3.41. The fourth-order valence-corrected chi connectivity index (χ4v) is 4.60. The third-order valence-electron chi connectivity index (χ3n) is 6.41. The molecule has 1 aromatic carbocycles. The number of nitrogens with one attached hydrogen (secondary N) is 2. The molecule has 1 saturated carbocycles. The van der Waals surface area contributed by atoms with Gasteiger partial charge in [-0.2, -0.15) is 4.98 Å². The van der Waals surface area contributed by atoms with Crippen LogP contribution in [-0.2, 0) is 9.53 Å². The van der Waals surface area contributed by atoms with Crippen LogP contribution in [0.3, 0.4) is 0 Å². The molecule has 9 nitrogen and oxygen atoms in total. The maximum atomic E-state index is 14.3. The fourth-order valence-electron chi connectivity index (χ4n) is 4.60. The number of anilines is 3. The maximum Gasteiger partial charge on any atom is 0.224 e. The van der Waals surface area contributed by atoms with Crippen molar-refractivity contribution in [1.82, 2.24) is 19.5 Å². The summed E-state index contributed by atoms with van der Waals surface area (Å²) >= 11 is 0. The number of ether oxygens (including phenoxy) is 1. The molecule has 2 aliphatic rings. The number of nitrogens with zero attached hydrogens (tertiary/aromatic N) is 4. The van der Waals surface area contributed by atoms with Gasteiger partial charge in [-0.15, -0.1) is 0 Å². The summed E-state index contributed by atoms with van der Waals surface area (Å²) in [6.07, 6.45) is 5.14. The number of halogens is 3. The van der Waals surface area contributed by atoms with Crippen LogP contribution in [0.15, 0.2) is 18.3 Å². The van der Waals surface area contributed by atoms with E-state index in [1.165, 1.54) is 6.20 Å². The third kappa shape index (κ3) is 4.37. The zero-order valence-corrected chi connectivity index (χ0v) is 18.2. The highest BCUT2D eigenvalue weighted by Gasteiger charge is 2.28. The van der Waals surface area contributed by atoms with Crippen molar-refractivity contribution < 1.29 is 22.7 Å². The van der Waals surface area contributed by atoms with E-state index in [0.29, 0.717) is 61.7 Å². The van der Waals surface area contributed by atoms with E-state index >= 15 is 0 Å². The number of rotatable bonds is 6. The van der Waals surface area contributed by atoms with Crippen LogP contribution in [0.5, 0.6) is 0 Å². The van der Waals surface area contributed by atoms with Gasteiger partial charge in [0.2, 0.25) is 17.8 Å². The normalized spacial score (nSPS) is 22.7. The second-order valence-electron chi connectivity index (χ2n) is 8.69. The molecule has 180 valence electrons. The van der Waals surface area contributed by atoms with Gasteiger partial charge >= 0.3 is 0 Å². The van der Waals surface area contributed by atoms with Gasteiger partial charge in [0.25, 0.3) is 0 Å². The molecule has 1 saturated heterocycles. The molecule has 0 spiro atoms. The lowest BCUT2D eigenvalue weighted by Gasteiger charge is -2.27. The fraction of sp³-hybridized carbons (Fsp3) is 0.455. The molecule has 0 unspecified atom stereocenters. The SMILES string of the molecule is NC(=O)[C@H]1CC[C@H](Nc2ncc3nc(Nc4c(F)cc(F)cc4F)n([C@@H]4CCOC4)c3n2)CC1. The minimum Gasteiger partial charge on any atom is -0.379 e. The highest BCUT2D eigenvalue weighted by Crippen LogP contribution is 2.32. The van der Waals surface area contributed by atoms with E-state index in [1.54, 1.807) is 4.57 Å². The van der Waals surface area contributed by atoms with Crippen LogP contribution < -0.4 is 16.4 Å². The standard InChI is InChI=1S/C22H24F3N7O2/c23-12-7-15(24)18(16(25)8-12)30-22-29-17-9-27-21(28-13-3-1-11(2-4-13)19(26)33)31-20(17)32(22)14-5-6-34-10-14/h7-9,11,13-14H,1-6,10H2,(H2,26,33)(H,29,30)(H,27,28,31)/t11-,13-,14-/m1/s1. The van der Waals surface area contributed by atoms with Gasteiger partial charge in [0.15, 0.2) is 17.3 Å². The predicted molar refractivity (Wildman–Crippen MR) is 118 cm³/mol. The molecule has 34 heavy (non-hydrogen) atoms. The Bertz CT molecular complexity index is 1200. The summed E-state index contributed by atoms with van der Waals surface area (Å²) in [4.78, 5) is 24.8. The van der Waals surface area contributed by atoms with Gasteiger partial charge < -0.3 is 21.1 Å². The van der Waals surface area contributed by atoms with Crippen LogP contribution in [0.1, 0.15) is 38.1 Å². The molecule has 1 atom stereocenters. The number of hydrogen-bond donors (Lipinski definition) is 3. The number of nitrogens with two attached hydrogens (primary N) is 1. The van der Waals surface area contributed by atoms with Gasteiger partial charge in [0.05, 0.1) is 18.8 Å². The highest BCUT2D eigenvalue weighted by molar-refractivity contribution is 5.77. The molecule has 3 heterocycles. The van der Waals surface area contributed by atoms with Crippen LogP contribution in [0.4, 0.5) is 30.8 Å². The number of imidazole rings is 1. The Labute approximate surface area is 192 Å². The van der Waals surface area contributed by atoms with E-state index in [-0.39, 0.29) is 29.9 Å². The summed E-state index contributed by atoms with van der Waals surface area (Å²) in [7, 11) is 0. The molecular formula is C22H24F3N7O2. The first kappa shape index (κ1) is 22.4. The number of aromatic nitrogens is 4. The van der Waals surface area contributed by atoms with Gasteiger partial charge in [0, 0.05) is 30.7 Å². The molecule has 0 radical (unpaired) electrons. The van der Waals surface area contributed by atoms with Gasteiger partial charge in [0.1, 0.15) is 17.0 Å². The summed E-state index contributed by atoms with van der Waals surface area (Å²) in [5.74, 6) is -2.98. The summed E-state index contributed by atoms with van der Waals surface area (Å²) in [6, 6.07) is 1.14. The van der Waals surface area contributed by atoms with Crippen molar-refractivity contribution in [2.45, 2.75) is 44.2 Å². The summed E-state index contributed by atoms with van der Waals surface area (Å²) in [5, 5.41) is 5.97. The highest BCUT2D eigenvalue weighted by atomic mass is 19.1. The van der Waals surface area contributed by atoms with E-state index in [0.717, 1.165) is 12.8 Å². The molecule has 12 heteroatoms. The third-order valence-corrected chi connectivity index (χ3v) is 6.41. The van der Waals surface area contributed by atoms with Crippen molar-refractivity contribution in [2.75, 3.05) is 23.8 Å². The molecular weight excluding hydrogens is 451 g/mol. The summed E-state index contributed by atoms with van der Waals surface area (Å²) in [5.41, 5.74) is 5.81. The number of fused-ring (bicyclic) bond motifs is 1. The molecule has 2 aromatic heterocycles. The van der Waals surface area contributed by atoms with Crippen molar-refractivity contribution in [1.29, 1.82) is 0 Å². The lowest BCUT2D eigenvalue weighted by molar-refractivity contribution is -0.122. The van der Waals surface area contributed by atoms with Gasteiger partial charge in [-0.05, 0) is 32.1 Å². The van der Waals surface area contributed by atoms with E-state index < -0.39 is 23.1 Å². The Balaban J connectivity index is 1.46. The second-order valence-corrected chi connectivity index (χ2v) is 8.69. The molecule has 3 aromatic rings. The van der Waals surface area contributed by atoms with E-state index in [4.69, 9.17) is 10.5 Å². The number of hydrogen-bond acceptors (Lipinski definition) is 7. The summed E-state index contributed by atoms with van der Waals surface area (Å²) < 4.78 is 49.2. The molecule has 1 amide bonds. The lowest BCUT2D eigenvalue weighted by atomic mass is 9.86. The average Bonchev–Trinajstić information content (AvgIpc) is 3.43. The quantitative estimate of drug-likeness (QED) is 0.500. The molecule has 2 fully saturated rings. The predicted octanol–water partition coefficient (Wildman–Crippen LogP) is 3.40. The second kappa shape index (κ2) is 9.09. The van der Waals surface area contributed by atoms with Crippen LogP contribution in [0.25, 0.3) is 11.2 Å². The van der Waals surface area contributed by atoms with Crippen molar-refractivity contribution in [3.05, 3.63) is 35.8 Å². The van der Waals surface area contributed by atoms with Crippen LogP contribution >= 0.6 is 0 Å². The lowest BCUT2D eigenvalue weighted by Crippen LogP contribution is -2.32. The smallest absolute Gasteiger partial charge is 0.224 e. The first-order chi connectivity index (χ1) is 16.4. The zero-order valence-electron chi connectivity index (χ0n) is 18.2. The minimum atomic E-state index is -1.07. The van der Waals surface area contributed by atoms with Crippen LogP contribution in [0.2, 0.25) is 0 Å². The van der Waals surface area contributed by atoms with Crippen molar-refractivity contribution in [3.8, 4) is 0 Å². The molecule has 1 aliphatic heterocycles.